The van der Waals surface area contributed by atoms with Crippen LogP contribution in [0.4, 0.5) is 18.4 Å². The molecule has 6 atom stereocenters. The lowest BCUT2D eigenvalue weighted by Crippen LogP contribution is -2.59. The molecule has 0 aliphatic carbocycles. The van der Waals surface area contributed by atoms with E-state index in [4.69, 9.17) is 30.5 Å². The maximum Gasteiger partial charge on any atom is 0.422 e. The molecule has 2 aromatic carbocycles. The summed E-state index contributed by atoms with van der Waals surface area (Å²) in [4.78, 5) is 43.4. The summed E-state index contributed by atoms with van der Waals surface area (Å²) in [5.74, 6) is -2.67. The number of aromatic nitrogens is 1. The van der Waals surface area contributed by atoms with Crippen molar-refractivity contribution in [3.05, 3.63) is 88.7 Å². The number of aliphatic hydroxyl groups excluding tert-OH is 1. The van der Waals surface area contributed by atoms with Crippen LogP contribution in [0.15, 0.2) is 60.9 Å². The number of benzene rings is 2. The number of hydrazine groups is 1. The summed E-state index contributed by atoms with van der Waals surface area (Å²) in [6, 6.07) is 10.8. The molecule has 2 aliphatic rings. The molecule has 0 spiro atoms. The second-order valence-corrected chi connectivity index (χ2v) is 14.5. The molecule has 2 fully saturated rings. The topological polar surface area (TPSA) is 161 Å². The summed E-state index contributed by atoms with van der Waals surface area (Å²) in [6.07, 6.45) is -0.0917. The van der Waals surface area contributed by atoms with E-state index >= 15 is 0 Å². The van der Waals surface area contributed by atoms with Gasteiger partial charge in [-0.05, 0) is 47.1 Å². The first-order chi connectivity index (χ1) is 25.2. The van der Waals surface area contributed by atoms with Crippen molar-refractivity contribution in [1.82, 2.24) is 26.1 Å². The molecule has 3 amide bonds. The summed E-state index contributed by atoms with van der Waals surface area (Å²) in [5.41, 5.74) is 4.23. The highest BCUT2D eigenvalue weighted by Crippen LogP contribution is 2.33. The molecule has 3 aromatic rings. The van der Waals surface area contributed by atoms with E-state index in [1.165, 1.54) is 12.1 Å². The van der Waals surface area contributed by atoms with Crippen molar-refractivity contribution in [1.29, 1.82) is 0 Å². The number of nitrogens with zero attached hydrogens (tertiary/aromatic N) is 2. The SMILES string of the molecule is COC(=O)NC(C(=O)NC(Cc1ccc(-c2cccnc2)cc1)C(O)CN(Cc1cc(Cl)c(F)cc1F)NC(=O)OC1COC2OCCC12)C(C)(C)C. The lowest BCUT2D eigenvalue weighted by molar-refractivity contribution is -0.127. The van der Waals surface area contributed by atoms with Crippen molar-refractivity contribution in [2.75, 3.05) is 26.9 Å². The van der Waals surface area contributed by atoms with Gasteiger partial charge in [0.1, 0.15) is 23.8 Å². The Hall–Kier alpha value is -4.41. The molecule has 4 N–H and O–H groups in total. The molecule has 0 radical (unpaired) electrons. The Bertz CT molecular complexity index is 1730. The number of halogens is 3. The fraction of sp³-hybridized carbons (Fsp3) is 0.459. The fourth-order valence-corrected chi connectivity index (χ4v) is 6.44. The average molecular weight is 760 g/mol. The Morgan fingerprint density at radius 3 is 2.49 bits per heavy atom. The first-order valence-electron chi connectivity index (χ1n) is 17.1. The van der Waals surface area contributed by atoms with Crippen LogP contribution in [-0.4, -0.2) is 90.6 Å². The van der Waals surface area contributed by atoms with Crippen molar-refractivity contribution in [2.24, 2.45) is 11.3 Å². The summed E-state index contributed by atoms with van der Waals surface area (Å²) in [5, 5.41) is 18.1. The molecule has 2 aliphatic heterocycles. The fourth-order valence-electron chi connectivity index (χ4n) is 6.26. The molecule has 53 heavy (non-hydrogen) atoms. The number of carbonyl (C=O) groups excluding carboxylic acids is 3. The molecule has 0 bridgehead atoms. The van der Waals surface area contributed by atoms with Crippen LogP contribution in [0.3, 0.4) is 0 Å². The highest BCUT2D eigenvalue weighted by atomic mass is 35.5. The van der Waals surface area contributed by atoms with Gasteiger partial charge in [0.25, 0.3) is 0 Å². The van der Waals surface area contributed by atoms with Gasteiger partial charge >= 0.3 is 12.2 Å². The molecule has 1 aromatic heterocycles. The summed E-state index contributed by atoms with van der Waals surface area (Å²) >= 11 is 5.97. The number of rotatable bonds is 13. The van der Waals surface area contributed by atoms with Crippen molar-refractivity contribution in [2.45, 2.75) is 70.7 Å². The van der Waals surface area contributed by atoms with Crippen LogP contribution in [0, 0.1) is 23.0 Å². The third kappa shape index (κ3) is 10.6. The zero-order valence-corrected chi connectivity index (χ0v) is 30.6. The lowest BCUT2D eigenvalue weighted by Gasteiger charge is -2.34. The number of pyridine rings is 1. The highest BCUT2D eigenvalue weighted by Gasteiger charge is 2.44. The number of hydrogen-bond donors (Lipinski definition) is 4. The van der Waals surface area contributed by atoms with Gasteiger partial charge in [0.05, 0.1) is 43.4 Å². The largest absolute Gasteiger partial charge is 0.453 e. The minimum atomic E-state index is -1.42. The predicted octanol–water partition coefficient (Wildman–Crippen LogP) is 4.74. The maximum absolute atomic E-state index is 15.0. The predicted molar refractivity (Wildman–Crippen MR) is 189 cm³/mol. The van der Waals surface area contributed by atoms with E-state index in [0.717, 1.165) is 22.8 Å². The van der Waals surface area contributed by atoms with Crippen LogP contribution in [0.2, 0.25) is 5.02 Å². The van der Waals surface area contributed by atoms with Crippen LogP contribution in [-0.2, 0) is 36.7 Å². The van der Waals surface area contributed by atoms with Crippen LogP contribution in [0.5, 0.6) is 0 Å². The maximum atomic E-state index is 15.0. The first kappa shape index (κ1) is 39.8. The van der Waals surface area contributed by atoms with Gasteiger partial charge in [-0.2, -0.15) is 0 Å². The van der Waals surface area contributed by atoms with Gasteiger partial charge in [-0.15, -0.1) is 0 Å². The quantitative estimate of drug-likeness (QED) is 0.142. The number of aliphatic hydroxyl groups is 1. The third-order valence-electron chi connectivity index (χ3n) is 9.12. The Kier molecular flexibility index (Phi) is 13.2. The normalized spacial score (nSPS) is 19.9. The molecule has 286 valence electrons. The number of alkyl carbamates (subject to hydrolysis) is 1. The van der Waals surface area contributed by atoms with Crippen molar-refractivity contribution in [3.63, 3.8) is 0 Å². The Labute approximate surface area is 311 Å². The van der Waals surface area contributed by atoms with Gasteiger partial charge in [-0.25, -0.2) is 23.4 Å². The first-order valence-corrected chi connectivity index (χ1v) is 17.5. The molecule has 5 rings (SSSR count). The third-order valence-corrected chi connectivity index (χ3v) is 9.41. The minimum absolute atomic E-state index is 0.0843. The zero-order chi connectivity index (χ0) is 38.3. The summed E-state index contributed by atoms with van der Waals surface area (Å²) < 4.78 is 50.5. The van der Waals surface area contributed by atoms with E-state index < -0.39 is 65.7 Å². The number of ether oxygens (including phenoxy) is 4. The van der Waals surface area contributed by atoms with Crippen molar-refractivity contribution >= 4 is 29.7 Å². The standard InChI is InChI=1S/C37H44ClF2N5O8/c1-37(2,3)32(43-35(48)50-4)33(47)42-29(14-21-7-9-22(10-8-21)23-6-5-12-41-17-23)30(46)19-45(18-24-15-26(38)28(40)16-27(24)39)44-36(49)53-31-20-52-34-25(31)11-13-51-34/h5-10,12,15-17,25,29-32,34,46H,11,13-14,18-20H2,1-4H3,(H,42,47)(H,43,48)(H,44,49). The average Bonchev–Trinajstić information content (AvgIpc) is 3.74. The van der Waals surface area contributed by atoms with Crippen molar-refractivity contribution < 1.29 is 47.2 Å². The molecule has 2 saturated heterocycles. The molecule has 6 unspecified atom stereocenters. The number of nitrogens with one attached hydrogen (secondary N) is 3. The van der Waals surface area contributed by atoms with E-state index in [1.807, 2.05) is 36.4 Å². The van der Waals surface area contributed by atoms with Crippen LogP contribution >= 0.6 is 11.6 Å². The lowest BCUT2D eigenvalue weighted by atomic mass is 9.85. The second kappa shape index (κ2) is 17.6. The number of fused-ring (bicyclic) bond motifs is 1. The molecule has 0 saturated carbocycles. The number of carbonyl (C=O) groups is 3. The molecule has 16 heteroatoms. The van der Waals surface area contributed by atoms with E-state index in [2.05, 4.69) is 21.0 Å². The highest BCUT2D eigenvalue weighted by molar-refractivity contribution is 6.30. The number of hydrogen-bond acceptors (Lipinski definition) is 10. The van der Waals surface area contributed by atoms with Gasteiger partial charge in [0.15, 0.2) is 6.29 Å². The van der Waals surface area contributed by atoms with Gasteiger partial charge < -0.3 is 34.7 Å². The van der Waals surface area contributed by atoms with E-state index in [0.29, 0.717) is 19.1 Å². The second-order valence-electron chi connectivity index (χ2n) is 14.1. The zero-order valence-electron chi connectivity index (χ0n) is 29.8. The van der Waals surface area contributed by atoms with Crippen LogP contribution in [0.1, 0.15) is 38.3 Å². The van der Waals surface area contributed by atoms with Gasteiger partial charge in [-0.1, -0.05) is 62.7 Å². The Morgan fingerprint density at radius 1 is 1.06 bits per heavy atom. The van der Waals surface area contributed by atoms with Crippen LogP contribution < -0.4 is 16.1 Å². The van der Waals surface area contributed by atoms with Crippen molar-refractivity contribution in [3.8, 4) is 11.1 Å². The van der Waals surface area contributed by atoms with E-state index in [1.54, 1.807) is 33.2 Å². The summed E-state index contributed by atoms with van der Waals surface area (Å²) in [7, 11) is 1.18. The molecular formula is C37H44ClF2N5O8. The van der Waals surface area contributed by atoms with E-state index in [9.17, 15) is 28.3 Å². The molecule has 3 heterocycles. The smallest absolute Gasteiger partial charge is 0.422 e. The minimum Gasteiger partial charge on any atom is -0.453 e. The number of amides is 3. The number of methoxy groups -OCH3 is 1. The Morgan fingerprint density at radius 2 is 1.81 bits per heavy atom. The molecule has 13 nitrogen and oxygen atoms in total. The molecular weight excluding hydrogens is 716 g/mol. The van der Waals surface area contributed by atoms with Gasteiger partial charge in [0, 0.05) is 37.1 Å². The summed E-state index contributed by atoms with van der Waals surface area (Å²) in [6.45, 7) is 5.10. The van der Waals surface area contributed by atoms with Crippen LogP contribution in [0.25, 0.3) is 11.1 Å². The van der Waals surface area contributed by atoms with E-state index in [-0.39, 0.29) is 42.6 Å². The van der Waals surface area contributed by atoms with Gasteiger partial charge in [-0.3, -0.25) is 15.2 Å². The Balaban J connectivity index is 1.40. The van der Waals surface area contributed by atoms with Gasteiger partial charge in [0.2, 0.25) is 5.91 Å². The monoisotopic (exact) mass is 759 g/mol.